The summed E-state index contributed by atoms with van der Waals surface area (Å²) in [5, 5.41) is 0. The van der Waals surface area contributed by atoms with Crippen molar-refractivity contribution in [2.75, 3.05) is 39.9 Å². The summed E-state index contributed by atoms with van der Waals surface area (Å²) in [7, 11) is 1.66. The highest BCUT2D eigenvalue weighted by atomic mass is 19.1. The molecule has 2 aliphatic rings. The van der Waals surface area contributed by atoms with Crippen molar-refractivity contribution in [2.45, 2.75) is 38.8 Å². The quantitative estimate of drug-likeness (QED) is 0.699. The van der Waals surface area contributed by atoms with Gasteiger partial charge >= 0.3 is 0 Å². The summed E-state index contributed by atoms with van der Waals surface area (Å²) in [5.74, 6) is 0.00723. The number of imidazole rings is 1. The number of carbonyl (C=O) groups is 1. The summed E-state index contributed by atoms with van der Waals surface area (Å²) in [6, 6.07) is 7.05. The van der Waals surface area contributed by atoms with Crippen molar-refractivity contribution in [2.24, 2.45) is 5.41 Å². The molecule has 1 aromatic carbocycles. The molecule has 1 aromatic heterocycles. The molecule has 6 nitrogen and oxygen atoms in total. The second-order valence-electron chi connectivity index (χ2n) is 8.88. The summed E-state index contributed by atoms with van der Waals surface area (Å²) in [4.78, 5) is 22.5. The van der Waals surface area contributed by atoms with Crippen LogP contribution in [0.3, 0.4) is 0 Å². The van der Waals surface area contributed by atoms with Crippen molar-refractivity contribution in [3.8, 4) is 0 Å². The summed E-state index contributed by atoms with van der Waals surface area (Å²) >= 11 is 0. The molecule has 1 spiro atoms. The maximum absolute atomic E-state index is 13.7. The molecule has 0 aliphatic carbocycles. The zero-order valence-corrected chi connectivity index (χ0v) is 18.1. The monoisotopic (exact) mass is 414 g/mol. The van der Waals surface area contributed by atoms with Crippen LogP contribution in [0.5, 0.6) is 0 Å². The van der Waals surface area contributed by atoms with Crippen LogP contribution in [-0.2, 0) is 16.1 Å². The first-order chi connectivity index (χ1) is 14.4. The molecule has 2 atom stereocenters. The smallest absolute Gasteiger partial charge is 0.230 e. The van der Waals surface area contributed by atoms with E-state index in [4.69, 9.17) is 9.72 Å². The van der Waals surface area contributed by atoms with Crippen LogP contribution in [0, 0.1) is 11.2 Å². The molecule has 2 aliphatic heterocycles. The Bertz CT molecular complexity index is 899. The highest BCUT2D eigenvalue weighted by Gasteiger charge is 2.57. The Morgan fingerprint density at radius 2 is 2.20 bits per heavy atom. The van der Waals surface area contributed by atoms with Crippen molar-refractivity contribution in [3.63, 3.8) is 0 Å². The van der Waals surface area contributed by atoms with E-state index in [2.05, 4.69) is 29.5 Å². The first kappa shape index (κ1) is 21.0. The number of hydrogen-bond donors (Lipinski definition) is 0. The molecular weight excluding hydrogens is 383 g/mol. The molecule has 2 unspecified atom stereocenters. The minimum absolute atomic E-state index is 0.0334. The number of methoxy groups -OCH3 is 1. The minimum Gasteiger partial charge on any atom is -0.383 e. The number of halogens is 1. The molecule has 162 valence electrons. The molecular formula is C23H31FN4O2. The summed E-state index contributed by atoms with van der Waals surface area (Å²) in [5.41, 5.74) is 1.43. The lowest BCUT2D eigenvalue weighted by Crippen LogP contribution is -2.40. The van der Waals surface area contributed by atoms with Gasteiger partial charge in [-0.15, -0.1) is 0 Å². The fourth-order valence-electron chi connectivity index (χ4n) is 4.95. The maximum atomic E-state index is 13.7. The van der Waals surface area contributed by atoms with Crippen molar-refractivity contribution < 1.29 is 13.9 Å². The second kappa shape index (κ2) is 8.47. The van der Waals surface area contributed by atoms with E-state index in [1.807, 2.05) is 17.3 Å². The van der Waals surface area contributed by atoms with Crippen molar-refractivity contribution in [1.29, 1.82) is 0 Å². The molecule has 2 saturated heterocycles. The lowest BCUT2D eigenvalue weighted by molar-refractivity contribution is -0.136. The van der Waals surface area contributed by atoms with Gasteiger partial charge in [0.2, 0.25) is 5.91 Å². The minimum atomic E-state index is -0.475. The van der Waals surface area contributed by atoms with Gasteiger partial charge in [-0.3, -0.25) is 9.69 Å². The molecule has 0 bridgehead atoms. The van der Waals surface area contributed by atoms with E-state index in [0.29, 0.717) is 32.3 Å². The van der Waals surface area contributed by atoms with Gasteiger partial charge in [0.1, 0.15) is 5.82 Å². The lowest BCUT2D eigenvalue weighted by atomic mass is 9.75. The Morgan fingerprint density at radius 3 is 2.90 bits per heavy atom. The van der Waals surface area contributed by atoms with Gasteiger partial charge in [0, 0.05) is 58.0 Å². The topological polar surface area (TPSA) is 50.6 Å². The van der Waals surface area contributed by atoms with Gasteiger partial charge in [0.15, 0.2) is 0 Å². The first-order valence-corrected chi connectivity index (χ1v) is 10.7. The van der Waals surface area contributed by atoms with Gasteiger partial charge in [-0.2, -0.15) is 0 Å². The maximum Gasteiger partial charge on any atom is 0.230 e. The van der Waals surface area contributed by atoms with Crippen LogP contribution < -0.4 is 0 Å². The van der Waals surface area contributed by atoms with E-state index >= 15 is 0 Å². The van der Waals surface area contributed by atoms with Crippen molar-refractivity contribution in [3.05, 3.63) is 53.9 Å². The average Bonchev–Trinajstić information content (AvgIpc) is 3.40. The van der Waals surface area contributed by atoms with E-state index in [1.54, 1.807) is 19.2 Å². The molecule has 1 amide bonds. The number of likely N-dealkylation sites (tertiary alicyclic amines) is 2. The highest BCUT2D eigenvalue weighted by molar-refractivity contribution is 5.86. The van der Waals surface area contributed by atoms with Crippen LogP contribution in [0.25, 0.3) is 0 Å². The van der Waals surface area contributed by atoms with E-state index in [-0.39, 0.29) is 17.6 Å². The third-order valence-corrected chi connectivity index (χ3v) is 6.59. The SMILES string of the molecule is COCCN1CCC2(CN(Cc3cccc(F)c3)CC2c2cn(C(C)C)cn2)C1=O. The van der Waals surface area contributed by atoms with E-state index < -0.39 is 5.41 Å². The molecule has 2 fully saturated rings. The Hall–Kier alpha value is -2.25. The van der Waals surface area contributed by atoms with Crippen LogP contribution in [0.2, 0.25) is 0 Å². The lowest BCUT2D eigenvalue weighted by Gasteiger charge is -2.28. The number of ether oxygens (including phenoxy) is 1. The molecule has 0 radical (unpaired) electrons. The van der Waals surface area contributed by atoms with Gasteiger partial charge < -0.3 is 14.2 Å². The number of aromatic nitrogens is 2. The van der Waals surface area contributed by atoms with E-state index in [0.717, 1.165) is 30.8 Å². The first-order valence-electron chi connectivity index (χ1n) is 10.7. The van der Waals surface area contributed by atoms with E-state index in [1.165, 1.54) is 6.07 Å². The normalized spacial score (nSPS) is 24.6. The largest absolute Gasteiger partial charge is 0.383 e. The fraction of sp³-hybridized carbons (Fsp3) is 0.565. The van der Waals surface area contributed by atoms with Gasteiger partial charge in [0.25, 0.3) is 0 Å². The average molecular weight is 415 g/mol. The zero-order valence-electron chi connectivity index (χ0n) is 18.1. The summed E-state index contributed by atoms with van der Waals surface area (Å²) in [6.07, 6.45) is 4.77. The third kappa shape index (κ3) is 3.88. The summed E-state index contributed by atoms with van der Waals surface area (Å²) in [6.45, 7) is 8.21. The van der Waals surface area contributed by atoms with Crippen LogP contribution in [0.4, 0.5) is 4.39 Å². The predicted octanol–water partition coefficient (Wildman–Crippen LogP) is 3.07. The van der Waals surface area contributed by atoms with Crippen molar-refractivity contribution in [1.82, 2.24) is 19.4 Å². The van der Waals surface area contributed by atoms with Gasteiger partial charge in [-0.25, -0.2) is 9.37 Å². The molecule has 7 heteroatoms. The Balaban J connectivity index is 1.61. The van der Waals surface area contributed by atoms with Crippen LogP contribution in [0.1, 0.15) is 43.5 Å². The number of carbonyl (C=O) groups excluding carboxylic acids is 1. The van der Waals surface area contributed by atoms with Crippen LogP contribution in [0.15, 0.2) is 36.8 Å². The fourth-order valence-corrected chi connectivity index (χ4v) is 4.95. The zero-order chi connectivity index (χ0) is 21.3. The number of amides is 1. The molecule has 30 heavy (non-hydrogen) atoms. The summed E-state index contributed by atoms with van der Waals surface area (Å²) < 4.78 is 21.0. The Kier molecular flexibility index (Phi) is 5.93. The highest BCUT2D eigenvalue weighted by Crippen LogP contribution is 2.49. The predicted molar refractivity (Wildman–Crippen MR) is 113 cm³/mol. The number of nitrogens with zero attached hydrogens (tertiary/aromatic N) is 4. The van der Waals surface area contributed by atoms with Crippen molar-refractivity contribution >= 4 is 5.91 Å². The molecule has 0 N–H and O–H groups in total. The number of benzene rings is 1. The van der Waals surface area contributed by atoms with E-state index in [9.17, 15) is 9.18 Å². The number of rotatable bonds is 7. The van der Waals surface area contributed by atoms with Gasteiger partial charge in [-0.1, -0.05) is 12.1 Å². The molecule has 3 heterocycles. The second-order valence-corrected chi connectivity index (χ2v) is 8.88. The molecule has 2 aromatic rings. The van der Waals surface area contributed by atoms with Crippen LogP contribution in [-0.4, -0.2) is 65.2 Å². The molecule has 4 rings (SSSR count). The van der Waals surface area contributed by atoms with Crippen LogP contribution >= 0.6 is 0 Å². The number of hydrogen-bond acceptors (Lipinski definition) is 4. The van der Waals surface area contributed by atoms with Gasteiger partial charge in [0.05, 0.1) is 24.0 Å². The Morgan fingerprint density at radius 1 is 1.37 bits per heavy atom. The van der Waals surface area contributed by atoms with Gasteiger partial charge in [-0.05, 0) is 38.0 Å². The third-order valence-electron chi connectivity index (χ3n) is 6.59. The Labute approximate surface area is 177 Å². The standard InChI is InChI=1S/C23H31FN4O2/c1-17(2)28-14-21(25-16-28)20-13-26(12-18-5-4-6-19(24)11-18)15-23(20)7-8-27(22(23)29)9-10-30-3/h4-6,11,14,16-17,20H,7-10,12-13,15H2,1-3H3. The molecule has 0 saturated carbocycles.